The second-order valence-electron chi connectivity index (χ2n) is 0.448. The normalized spacial score (nSPS) is 7.25. The van der Waals surface area contributed by atoms with Crippen LogP contribution in [0.2, 0.25) is 0 Å². The van der Waals surface area contributed by atoms with E-state index in [0.717, 1.165) is 0 Å². The molecule has 0 saturated heterocycles. The van der Waals surface area contributed by atoms with Crippen molar-refractivity contribution in [2.45, 2.75) is 0 Å². The van der Waals surface area contributed by atoms with Crippen molar-refractivity contribution < 1.29 is 71.1 Å². The second kappa shape index (κ2) is 8.35. The molecule has 0 heterocycles. The van der Waals surface area contributed by atoms with E-state index < -0.39 is 10.4 Å². The molecule has 0 atom stereocenters. The molecule has 49 valence electrons. The first-order valence-electron chi connectivity index (χ1n) is 0.698. The van der Waals surface area contributed by atoms with E-state index in [0.29, 0.717) is 0 Å². The quantitative estimate of drug-likeness (QED) is 0.301. The third-order valence-electron chi connectivity index (χ3n) is 0. The molecule has 0 rings (SSSR count). The van der Waals surface area contributed by atoms with Gasteiger partial charge in [-0.2, -0.15) is 8.42 Å². The van der Waals surface area contributed by atoms with E-state index in [1.54, 1.807) is 0 Å². The second-order valence-corrected chi connectivity index (χ2v) is 1.34. The molecule has 0 spiro atoms. The predicted molar refractivity (Wildman–Crippen MR) is 18.9 cm³/mol. The van der Waals surface area contributed by atoms with Crippen LogP contribution in [0, 0.1) is 0 Å². The largest absolute Gasteiger partial charge is 1.00 e. The van der Waals surface area contributed by atoms with Crippen LogP contribution in [0.15, 0.2) is 0 Å². The molecule has 8 heavy (non-hydrogen) atoms. The summed E-state index contributed by atoms with van der Waals surface area (Å²) in [7, 11) is -4.67. The monoisotopic (exact) mass is 195 g/mol. The van der Waals surface area contributed by atoms with Gasteiger partial charge in [-0.25, -0.2) is 0 Å². The Kier molecular flexibility index (Phi) is 23.8. The Morgan fingerprint density at radius 1 is 1.25 bits per heavy atom. The Labute approximate surface area is 81.0 Å². The Balaban J connectivity index is -0.0000000133. The summed E-state index contributed by atoms with van der Waals surface area (Å²) in [4.78, 5) is 0. The van der Waals surface area contributed by atoms with Crippen molar-refractivity contribution in [1.29, 1.82) is 0 Å². The molecule has 0 bridgehead atoms. The van der Waals surface area contributed by atoms with Crippen LogP contribution in [0.3, 0.4) is 0 Å². The molecule has 0 saturated carbocycles. The first-order chi connectivity index (χ1) is 2.00. The van der Waals surface area contributed by atoms with Gasteiger partial charge < -0.3 is 6.90 Å². The van der Waals surface area contributed by atoms with Crippen LogP contribution in [0.4, 0.5) is 0 Å². The van der Waals surface area contributed by atoms with Gasteiger partial charge in [0, 0.05) is 17.1 Å². The molecule has 0 aliphatic rings. The first kappa shape index (κ1) is 22.8. The maximum atomic E-state index is 8.74. The van der Waals surface area contributed by atoms with Gasteiger partial charge in [0.25, 0.3) is 0 Å². The van der Waals surface area contributed by atoms with Crippen molar-refractivity contribution >= 4 is 10.4 Å². The third kappa shape index (κ3) is 163. The maximum absolute atomic E-state index is 8.74. The zero-order valence-electron chi connectivity index (χ0n) is 5.00. The number of rotatable bonds is 0. The average molecular weight is 195 g/mol. The van der Waals surface area contributed by atoms with E-state index in [2.05, 4.69) is 0 Å². The Morgan fingerprint density at radius 2 is 1.25 bits per heavy atom. The van der Waals surface area contributed by atoms with Gasteiger partial charge in [0.05, 0.1) is 0 Å². The molecule has 0 unspecified atom stereocenters. The summed E-state index contributed by atoms with van der Waals surface area (Å²) in [5.74, 6) is 0. The standard InChI is InChI=1S/Mn.Na.H2O4S.H2O.H/c;;1-5(2,3)4;;/h;;(H2,1,2,3,4);1H2;/q;+1;;;-1. The van der Waals surface area contributed by atoms with Crippen molar-refractivity contribution in [3.8, 4) is 0 Å². The molecule has 0 aliphatic heterocycles. The Morgan fingerprint density at radius 3 is 1.25 bits per heavy atom. The fraction of sp³-hybridized carbons (Fsp3) is 0. The van der Waals surface area contributed by atoms with Crippen LogP contribution in [0.5, 0.6) is 0 Å². The van der Waals surface area contributed by atoms with Gasteiger partial charge in [-0.05, 0) is 0 Å². The van der Waals surface area contributed by atoms with Gasteiger partial charge in [0.2, 0.25) is 0 Å². The molecule has 5 nitrogen and oxygen atoms in total. The van der Waals surface area contributed by atoms with Crippen molar-refractivity contribution in [2.24, 2.45) is 0 Å². The minimum Gasteiger partial charge on any atom is -1.00 e. The molecule has 0 aromatic carbocycles. The fourth-order valence-corrected chi connectivity index (χ4v) is 0. The molecule has 0 aliphatic carbocycles. The molecule has 0 aromatic heterocycles. The van der Waals surface area contributed by atoms with Crippen LogP contribution in [0.1, 0.15) is 1.43 Å². The zero-order chi connectivity index (χ0) is 4.50. The summed E-state index contributed by atoms with van der Waals surface area (Å²) < 4.78 is 31.6. The summed E-state index contributed by atoms with van der Waals surface area (Å²) in [5, 5.41) is 0. The van der Waals surface area contributed by atoms with E-state index in [-0.39, 0.29) is 53.5 Å². The fourth-order valence-electron chi connectivity index (χ4n) is 0. The van der Waals surface area contributed by atoms with Gasteiger partial charge >= 0.3 is 40.0 Å². The van der Waals surface area contributed by atoms with Gasteiger partial charge in [-0.15, -0.1) is 0 Å². The molecular weight excluding hydrogens is 190 g/mol. The van der Waals surface area contributed by atoms with Gasteiger partial charge in [0.1, 0.15) is 0 Å². The summed E-state index contributed by atoms with van der Waals surface area (Å²) >= 11 is 0. The molecule has 4 N–H and O–H groups in total. The Bertz CT molecular complexity index is 100. The summed E-state index contributed by atoms with van der Waals surface area (Å²) in [5.41, 5.74) is 0. The van der Waals surface area contributed by atoms with E-state index >= 15 is 0 Å². The van der Waals surface area contributed by atoms with E-state index in [9.17, 15) is 0 Å². The third-order valence-corrected chi connectivity index (χ3v) is 0. The summed E-state index contributed by atoms with van der Waals surface area (Å²) in [6, 6.07) is 0. The van der Waals surface area contributed by atoms with Gasteiger partial charge in [0.15, 0.2) is 0 Å². The topological polar surface area (TPSA) is 106 Å². The summed E-state index contributed by atoms with van der Waals surface area (Å²) in [6.07, 6.45) is 0. The van der Waals surface area contributed by atoms with E-state index in [4.69, 9.17) is 17.5 Å². The minimum absolute atomic E-state index is 0. The zero-order valence-corrected chi connectivity index (χ0v) is 7.99. The molecule has 0 amide bonds. The molecular formula is H5MnNaO5S. The minimum atomic E-state index is -4.67. The van der Waals surface area contributed by atoms with Crippen molar-refractivity contribution in [3.05, 3.63) is 0 Å². The molecule has 1 radical (unpaired) electrons. The molecule has 0 fully saturated rings. The van der Waals surface area contributed by atoms with Crippen LogP contribution in [-0.2, 0) is 27.5 Å². The molecule has 0 aromatic rings. The van der Waals surface area contributed by atoms with E-state index in [1.807, 2.05) is 0 Å². The average Bonchev–Trinajstić information content (AvgIpc) is 0.722. The van der Waals surface area contributed by atoms with Gasteiger partial charge in [-0.1, -0.05) is 0 Å². The van der Waals surface area contributed by atoms with Crippen molar-refractivity contribution in [3.63, 3.8) is 0 Å². The smallest absolute Gasteiger partial charge is 1.00 e. The van der Waals surface area contributed by atoms with Crippen LogP contribution >= 0.6 is 0 Å². The summed E-state index contributed by atoms with van der Waals surface area (Å²) in [6.45, 7) is 0. The van der Waals surface area contributed by atoms with Gasteiger partial charge in [-0.3, -0.25) is 9.11 Å². The molecule has 8 heteroatoms. The number of hydrogen-bond acceptors (Lipinski definition) is 2. The van der Waals surface area contributed by atoms with Crippen molar-refractivity contribution in [1.82, 2.24) is 0 Å². The van der Waals surface area contributed by atoms with Crippen molar-refractivity contribution in [2.75, 3.05) is 0 Å². The van der Waals surface area contributed by atoms with E-state index in [1.165, 1.54) is 0 Å². The SMILES string of the molecule is O.O=S(=O)(O)O.[H-].[Mn].[Na+]. The maximum Gasteiger partial charge on any atom is 1.00 e. The van der Waals surface area contributed by atoms with Crippen LogP contribution in [0.25, 0.3) is 0 Å². The van der Waals surface area contributed by atoms with Crippen LogP contribution in [-0.4, -0.2) is 23.0 Å². The number of hydrogen-bond donors (Lipinski definition) is 2. The first-order valence-corrected chi connectivity index (χ1v) is 2.10. The Hall–Kier alpha value is 1.35. The van der Waals surface area contributed by atoms with Crippen LogP contribution < -0.4 is 29.6 Å². The predicted octanol–water partition coefficient (Wildman–Crippen LogP) is -4.36.